The summed E-state index contributed by atoms with van der Waals surface area (Å²) in [6.45, 7) is 8.51. The summed E-state index contributed by atoms with van der Waals surface area (Å²) in [6, 6.07) is 8.30. The molecule has 1 aromatic rings. The van der Waals surface area contributed by atoms with E-state index in [4.69, 9.17) is 10.5 Å². The highest BCUT2D eigenvalue weighted by Gasteiger charge is 2.10. The number of hydrogen-bond donors (Lipinski definition) is 1. The van der Waals surface area contributed by atoms with E-state index >= 15 is 0 Å². The van der Waals surface area contributed by atoms with E-state index in [0.717, 1.165) is 12.2 Å². The second-order valence-electron chi connectivity index (χ2n) is 5.09. The van der Waals surface area contributed by atoms with Gasteiger partial charge in [-0.2, -0.15) is 0 Å². The average Bonchev–Trinajstić information content (AvgIpc) is 2.28. The van der Waals surface area contributed by atoms with Gasteiger partial charge in [-0.3, -0.25) is 0 Å². The molecule has 2 nitrogen and oxygen atoms in total. The third-order valence-corrected chi connectivity index (χ3v) is 3.03. The molecule has 2 atom stereocenters. The molecule has 0 spiro atoms. The Morgan fingerprint density at radius 2 is 1.71 bits per heavy atom. The molecule has 2 unspecified atom stereocenters. The van der Waals surface area contributed by atoms with Gasteiger partial charge in [-0.25, -0.2) is 0 Å². The average molecular weight is 235 g/mol. The Bertz CT molecular complexity index is 318. The summed E-state index contributed by atoms with van der Waals surface area (Å²) in [5.41, 5.74) is 7.38. The van der Waals surface area contributed by atoms with Crippen LogP contribution < -0.4 is 10.5 Å². The Labute approximate surface area is 105 Å². The van der Waals surface area contributed by atoms with Crippen LogP contribution in [0.25, 0.3) is 0 Å². The molecule has 17 heavy (non-hydrogen) atoms. The number of ether oxygens (including phenoxy) is 1. The molecule has 1 rings (SSSR count). The first-order valence-electron chi connectivity index (χ1n) is 6.55. The van der Waals surface area contributed by atoms with Crippen molar-refractivity contribution >= 4 is 0 Å². The van der Waals surface area contributed by atoms with Gasteiger partial charge in [-0.1, -0.05) is 32.4 Å². The van der Waals surface area contributed by atoms with Crippen molar-refractivity contribution in [2.24, 2.45) is 11.7 Å². The van der Waals surface area contributed by atoms with Crippen LogP contribution in [0.1, 0.15) is 52.1 Å². The molecule has 0 bridgehead atoms. The Hall–Kier alpha value is -1.02. The summed E-state index contributed by atoms with van der Waals surface area (Å²) >= 11 is 0. The van der Waals surface area contributed by atoms with E-state index in [9.17, 15) is 0 Å². The minimum atomic E-state index is 0.137. The van der Waals surface area contributed by atoms with Crippen molar-refractivity contribution in [2.45, 2.75) is 52.7 Å². The molecule has 2 N–H and O–H groups in total. The molecule has 1 aromatic carbocycles. The van der Waals surface area contributed by atoms with E-state index in [2.05, 4.69) is 26.0 Å². The predicted octanol–water partition coefficient (Wildman–Crippen LogP) is 3.91. The highest BCUT2D eigenvalue weighted by Crippen LogP contribution is 2.23. The van der Waals surface area contributed by atoms with Crippen molar-refractivity contribution in [2.75, 3.05) is 0 Å². The SMILES string of the molecule is CCC(C)CC(N)c1ccc(OC(C)C)cc1. The van der Waals surface area contributed by atoms with Crippen LogP contribution in [0.3, 0.4) is 0 Å². The number of rotatable bonds is 6. The molecule has 0 aliphatic carbocycles. The van der Waals surface area contributed by atoms with Crippen molar-refractivity contribution in [1.82, 2.24) is 0 Å². The molecule has 0 saturated heterocycles. The van der Waals surface area contributed by atoms with Gasteiger partial charge in [0.2, 0.25) is 0 Å². The molecule has 0 aromatic heterocycles. The second kappa shape index (κ2) is 6.65. The fourth-order valence-corrected chi connectivity index (χ4v) is 1.80. The smallest absolute Gasteiger partial charge is 0.119 e. The van der Waals surface area contributed by atoms with Crippen LogP contribution in [-0.2, 0) is 0 Å². The van der Waals surface area contributed by atoms with Gasteiger partial charge in [-0.05, 0) is 43.9 Å². The summed E-state index contributed by atoms with van der Waals surface area (Å²) in [6.07, 6.45) is 2.44. The lowest BCUT2D eigenvalue weighted by atomic mass is 9.95. The standard InChI is InChI=1S/C15H25NO/c1-5-12(4)10-15(16)13-6-8-14(9-7-13)17-11(2)3/h6-9,11-12,15H,5,10,16H2,1-4H3. The van der Waals surface area contributed by atoms with E-state index < -0.39 is 0 Å². The van der Waals surface area contributed by atoms with Crippen LogP contribution in [0.15, 0.2) is 24.3 Å². The zero-order chi connectivity index (χ0) is 12.8. The number of nitrogens with two attached hydrogens (primary N) is 1. The van der Waals surface area contributed by atoms with Crippen LogP contribution in [0.4, 0.5) is 0 Å². The van der Waals surface area contributed by atoms with Crippen molar-refractivity contribution in [3.8, 4) is 5.75 Å². The molecule has 0 aliphatic rings. The lowest BCUT2D eigenvalue weighted by Gasteiger charge is -2.17. The topological polar surface area (TPSA) is 35.2 Å². The quantitative estimate of drug-likeness (QED) is 0.811. The van der Waals surface area contributed by atoms with Crippen LogP contribution >= 0.6 is 0 Å². The first kappa shape index (κ1) is 14.0. The molecular weight excluding hydrogens is 210 g/mol. The summed E-state index contributed by atoms with van der Waals surface area (Å²) < 4.78 is 5.61. The zero-order valence-electron chi connectivity index (χ0n) is 11.4. The maximum absolute atomic E-state index is 6.18. The van der Waals surface area contributed by atoms with E-state index in [0.29, 0.717) is 5.92 Å². The maximum atomic E-state index is 6.18. The first-order valence-corrected chi connectivity index (χ1v) is 6.55. The van der Waals surface area contributed by atoms with Gasteiger partial charge in [0.15, 0.2) is 0 Å². The Morgan fingerprint density at radius 1 is 1.12 bits per heavy atom. The van der Waals surface area contributed by atoms with Crippen molar-refractivity contribution in [3.63, 3.8) is 0 Å². The fourth-order valence-electron chi connectivity index (χ4n) is 1.80. The van der Waals surface area contributed by atoms with Crippen LogP contribution in [0.5, 0.6) is 5.75 Å². The molecule has 0 saturated carbocycles. The number of benzene rings is 1. The number of hydrogen-bond acceptors (Lipinski definition) is 2. The van der Waals surface area contributed by atoms with Crippen molar-refractivity contribution < 1.29 is 4.74 Å². The summed E-state index contributed by atoms with van der Waals surface area (Å²) in [4.78, 5) is 0. The molecule has 0 amide bonds. The Morgan fingerprint density at radius 3 is 2.18 bits per heavy atom. The molecule has 0 radical (unpaired) electrons. The fraction of sp³-hybridized carbons (Fsp3) is 0.600. The summed E-state index contributed by atoms with van der Waals surface area (Å²) in [7, 11) is 0. The van der Waals surface area contributed by atoms with Crippen LogP contribution in [-0.4, -0.2) is 6.10 Å². The van der Waals surface area contributed by atoms with E-state index in [-0.39, 0.29) is 12.1 Å². The van der Waals surface area contributed by atoms with E-state index in [1.54, 1.807) is 0 Å². The van der Waals surface area contributed by atoms with Gasteiger partial charge >= 0.3 is 0 Å². The summed E-state index contributed by atoms with van der Waals surface area (Å²) in [5, 5.41) is 0. The van der Waals surface area contributed by atoms with Crippen LogP contribution in [0.2, 0.25) is 0 Å². The van der Waals surface area contributed by atoms with Gasteiger partial charge in [-0.15, -0.1) is 0 Å². The second-order valence-corrected chi connectivity index (χ2v) is 5.09. The minimum absolute atomic E-state index is 0.137. The minimum Gasteiger partial charge on any atom is -0.491 e. The Kier molecular flexibility index (Phi) is 5.49. The van der Waals surface area contributed by atoms with E-state index in [1.165, 1.54) is 12.0 Å². The molecule has 96 valence electrons. The highest BCUT2D eigenvalue weighted by molar-refractivity contribution is 5.29. The van der Waals surface area contributed by atoms with Gasteiger partial charge in [0.25, 0.3) is 0 Å². The largest absolute Gasteiger partial charge is 0.491 e. The third kappa shape index (κ3) is 4.78. The third-order valence-electron chi connectivity index (χ3n) is 3.03. The molecule has 0 heterocycles. The first-order chi connectivity index (χ1) is 8.02. The maximum Gasteiger partial charge on any atom is 0.119 e. The van der Waals surface area contributed by atoms with Crippen molar-refractivity contribution in [3.05, 3.63) is 29.8 Å². The lowest BCUT2D eigenvalue weighted by molar-refractivity contribution is 0.242. The van der Waals surface area contributed by atoms with Gasteiger partial charge in [0, 0.05) is 6.04 Å². The molecule has 0 fully saturated rings. The van der Waals surface area contributed by atoms with Crippen LogP contribution in [0, 0.1) is 5.92 Å². The monoisotopic (exact) mass is 235 g/mol. The van der Waals surface area contributed by atoms with Gasteiger partial charge in [0.1, 0.15) is 5.75 Å². The zero-order valence-corrected chi connectivity index (χ0v) is 11.4. The molecular formula is C15H25NO. The van der Waals surface area contributed by atoms with Gasteiger partial charge in [0.05, 0.1) is 6.10 Å². The summed E-state index contributed by atoms with van der Waals surface area (Å²) in [5.74, 6) is 1.59. The Balaban J connectivity index is 2.60. The van der Waals surface area contributed by atoms with E-state index in [1.807, 2.05) is 26.0 Å². The lowest BCUT2D eigenvalue weighted by Crippen LogP contribution is -2.14. The predicted molar refractivity (Wildman–Crippen MR) is 73.2 cm³/mol. The normalized spacial score (nSPS) is 14.7. The van der Waals surface area contributed by atoms with Gasteiger partial charge < -0.3 is 10.5 Å². The highest BCUT2D eigenvalue weighted by atomic mass is 16.5. The molecule has 0 aliphatic heterocycles. The molecule has 2 heteroatoms. The van der Waals surface area contributed by atoms with Crippen molar-refractivity contribution in [1.29, 1.82) is 0 Å².